The Balaban J connectivity index is 0.00000180. The van der Waals surface area contributed by atoms with E-state index in [9.17, 15) is 13.2 Å². The lowest BCUT2D eigenvalue weighted by molar-refractivity contribution is -0.137. The van der Waals surface area contributed by atoms with Crippen LogP contribution in [0.15, 0.2) is 42.7 Å². The minimum absolute atomic E-state index is 0. The molecule has 0 bridgehead atoms. The summed E-state index contributed by atoms with van der Waals surface area (Å²) in [5.74, 6) is 0. The minimum atomic E-state index is -4.38. The van der Waals surface area contributed by atoms with Crippen LogP contribution in [-0.2, 0) is 12.7 Å². The smallest absolute Gasteiger partial charge is 0.326 e. The molecular weight excluding hydrogens is 277 g/mol. The number of pyridine rings is 1. The lowest BCUT2D eigenvalue weighted by Crippen LogP contribution is -2.08. The molecule has 0 unspecified atom stereocenters. The molecule has 1 heterocycles. The van der Waals surface area contributed by atoms with Crippen molar-refractivity contribution in [2.75, 3.05) is 0 Å². The van der Waals surface area contributed by atoms with E-state index in [2.05, 4.69) is 4.98 Å². The van der Waals surface area contributed by atoms with Gasteiger partial charge < -0.3 is 5.73 Å². The number of alkyl halides is 3. The molecule has 102 valence electrons. The second-order valence-corrected chi connectivity index (χ2v) is 3.78. The van der Waals surface area contributed by atoms with Crippen LogP contribution in [0.5, 0.6) is 0 Å². The Morgan fingerprint density at radius 3 is 2.37 bits per heavy atom. The first-order chi connectivity index (χ1) is 8.54. The van der Waals surface area contributed by atoms with Crippen molar-refractivity contribution in [1.29, 1.82) is 0 Å². The van der Waals surface area contributed by atoms with Crippen LogP contribution in [0.4, 0.5) is 13.2 Å². The van der Waals surface area contributed by atoms with Gasteiger partial charge in [-0.25, -0.2) is 0 Å². The molecule has 0 fully saturated rings. The van der Waals surface area contributed by atoms with Crippen LogP contribution >= 0.6 is 12.4 Å². The molecule has 0 atom stereocenters. The lowest BCUT2D eigenvalue weighted by Gasteiger charge is -2.14. The average molecular weight is 289 g/mol. The molecule has 0 spiro atoms. The Morgan fingerprint density at radius 1 is 1.05 bits per heavy atom. The Kier molecular flexibility index (Phi) is 4.91. The van der Waals surface area contributed by atoms with Gasteiger partial charge in [-0.1, -0.05) is 18.2 Å². The molecule has 0 aliphatic carbocycles. The molecule has 0 amide bonds. The first-order valence-electron chi connectivity index (χ1n) is 5.33. The van der Waals surface area contributed by atoms with Crippen molar-refractivity contribution in [2.24, 2.45) is 5.73 Å². The third-order valence-corrected chi connectivity index (χ3v) is 2.65. The maximum Gasteiger partial charge on any atom is 0.417 e. The molecule has 0 aliphatic heterocycles. The van der Waals surface area contributed by atoms with E-state index in [0.717, 1.165) is 6.07 Å². The number of hydrogen-bond acceptors (Lipinski definition) is 2. The second kappa shape index (κ2) is 6.04. The maximum atomic E-state index is 12.9. The monoisotopic (exact) mass is 288 g/mol. The van der Waals surface area contributed by atoms with Gasteiger partial charge in [0.25, 0.3) is 0 Å². The highest BCUT2D eigenvalue weighted by molar-refractivity contribution is 5.85. The summed E-state index contributed by atoms with van der Waals surface area (Å²) >= 11 is 0. The number of rotatable bonds is 2. The summed E-state index contributed by atoms with van der Waals surface area (Å²) in [4.78, 5) is 3.87. The van der Waals surface area contributed by atoms with Gasteiger partial charge >= 0.3 is 6.18 Å². The van der Waals surface area contributed by atoms with E-state index in [1.165, 1.54) is 24.5 Å². The predicted octanol–water partition coefficient (Wildman–Crippen LogP) is 3.65. The molecule has 0 saturated heterocycles. The molecule has 2 aromatic rings. The zero-order valence-electron chi connectivity index (χ0n) is 9.82. The predicted molar refractivity (Wildman–Crippen MR) is 69.8 cm³/mol. The molecule has 0 aliphatic rings. The van der Waals surface area contributed by atoms with E-state index in [-0.39, 0.29) is 24.5 Å². The summed E-state index contributed by atoms with van der Waals surface area (Å²) in [5, 5.41) is 0. The Labute approximate surface area is 114 Å². The van der Waals surface area contributed by atoms with E-state index in [0.29, 0.717) is 11.1 Å². The summed E-state index contributed by atoms with van der Waals surface area (Å²) in [6, 6.07) is 7.00. The molecule has 2 rings (SSSR count). The van der Waals surface area contributed by atoms with Crippen LogP contribution in [0, 0.1) is 0 Å². The molecule has 2 nitrogen and oxygen atoms in total. The van der Waals surface area contributed by atoms with Crippen LogP contribution in [0.2, 0.25) is 0 Å². The van der Waals surface area contributed by atoms with Crippen LogP contribution < -0.4 is 5.73 Å². The van der Waals surface area contributed by atoms with Gasteiger partial charge in [0.15, 0.2) is 0 Å². The fourth-order valence-corrected chi connectivity index (χ4v) is 1.82. The molecule has 2 N–H and O–H groups in total. The van der Waals surface area contributed by atoms with E-state index in [1.807, 2.05) is 0 Å². The van der Waals surface area contributed by atoms with Gasteiger partial charge in [-0.05, 0) is 28.8 Å². The van der Waals surface area contributed by atoms with Crippen molar-refractivity contribution in [3.05, 3.63) is 53.9 Å². The molecule has 0 saturated carbocycles. The number of hydrogen-bond donors (Lipinski definition) is 1. The zero-order chi connectivity index (χ0) is 13.2. The van der Waals surface area contributed by atoms with E-state index in [1.54, 1.807) is 12.1 Å². The highest BCUT2D eigenvalue weighted by atomic mass is 35.5. The van der Waals surface area contributed by atoms with Crippen molar-refractivity contribution < 1.29 is 13.2 Å². The van der Waals surface area contributed by atoms with Crippen molar-refractivity contribution in [1.82, 2.24) is 4.98 Å². The van der Waals surface area contributed by atoms with E-state index < -0.39 is 11.7 Å². The topological polar surface area (TPSA) is 38.9 Å². The van der Waals surface area contributed by atoms with Crippen LogP contribution in [-0.4, -0.2) is 4.98 Å². The Morgan fingerprint density at radius 2 is 1.74 bits per heavy atom. The van der Waals surface area contributed by atoms with Crippen LogP contribution in [0.1, 0.15) is 11.1 Å². The van der Waals surface area contributed by atoms with Gasteiger partial charge in [-0.3, -0.25) is 4.98 Å². The summed E-state index contributed by atoms with van der Waals surface area (Å²) in [6.07, 6.45) is -1.43. The van der Waals surface area contributed by atoms with Crippen LogP contribution in [0.25, 0.3) is 11.1 Å². The maximum absolute atomic E-state index is 12.9. The van der Waals surface area contributed by atoms with Gasteiger partial charge in [-0.2, -0.15) is 13.2 Å². The number of benzene rings is 1. The molecule has 0 radical (unpaired) electrons. The molecule has 1 aromatic heterocycles. The van der Waals surface area contributed by atoms with Crippen LogP contribution in [0.3, 0.4) is 0 Å². The van der Waals surface area contributed by atoms with Gasteiger partial charge in [-0.15, -0.1) is 12.4 Å². The quantitative estimate of drug-likeness (QED) is 0.916. The second-order valence-electron chi connectivity index (χ2n) is 3.78. The molecule has 1 aromatic carbocycles. The summed E-state index contributed by atoms with van der Waals surface area (Å²) in [5.41, 5.74) is 6.06. The number of aromatic nitrogens is 1. The number of nitrogens with two attached hydrogens (primary N) is 1. The fraction of sp³-hybridized carbons (Fsp3) is 0.154. The van der Waals surface area contributed by atoms with Gasteiger partial charge in [0, 0.05) is 18.9 Å². The third kappa shape index (κ3) is 3.24. The van der Waals surface area contributed by atoms with Gasteiger partial charge in [0.2, 0.25) is 0 Å². The van der Waals surface area contributed by atoms with Crippen molar-refractivity contribution in [3.63, 3.8) is 0 Å². The van der Waals surface area contributed by atoms with E-state index in [4.69, 9.17) is 5.73 Å². The van der Waals surface area contributed by atoms with E-state index >= 15 is 0 Å². The van der Waals surface area contributed by atoms with Gasteiger partial charge in [0.05, 0.1) is 5.56 Å². The SMILES string of the molecule is Cl.NCc1cnccc1-c1ccccc1C(F)(F)F. The molecular formula is C13H12ClF3N2. The largest absolute Gasteiger partial charge is 0.417 e. The summed E-state index contributed by atoms with van der Waals surface area (Å²) in [6.45, 7) is 0.148. The standard InChI is InChI=1S/C13H11F3N2.ClH/c14-13(15,16)12-4-2-1-3-11(12)10-5-6-18-8-9(10)7-17;/h1-6,8H,7,17H2;1H. The average Bonchev–Trinajstić information content (AvgIpc) is 2.37. The van der Waals surface area contributed by atoms with Gasteiger partial charge in [0.1, 0.15) is 0 Å². The molecule has 19 heavy (non-hydrogen) atoms. The van der Waals surface area contributed by atoms with Crippen molar-refractivity contribution >= 4 is 12.4 Å². The lowest BCUT2D eigenvalue weighted by atomic mass is 9.96. The zero-order valence-corrected chi connectivity index (χ0v) is 10.6. The van der Waals surface area contributed by atoms with Crippen molar-refractivity contribution in [3.8, 4) is 11.1 Å². The minimum Gasteiger partial charge on any atom is -0.326 e. The Bertz CT molecular complexity index is 556. The highest BCUT2D eigenvalue weighted by Crippen LogP contribution is 2.37. The van der Waals surface area contributed by atoms with Crippen molar-refractivity contribution in [2.45, 2.75) is 12.7 Å². The first kappa shape index (κ1) is 15.5. The first-order valence-corrected chi connectivity index (χ1v) is 5.33. The molecule has 6 heteroatoms. The third-order valence-electron chi connectivity index (χ3n) is 2.65. The Hall–Kier alpha value is -1.59. The summed E-state index contributed by atoms with van der Waals surface area (Å²) in [7, 11) is 0. The normalized spacial score (nSPS) is 10.9. The fourth-order valence-electron chi connectivity index (χ4n) is 1.82. The number of halogens is 4. The summed E-state index contributed by atoms with van der Waals surface area (Å²) < 4.78 is 38.8. The number of nitrogens with zero attached hydrogens (tertiary/aromatic N) is 1. The highest BCUT2D eigenvalue weighted by Gasteiger charge is 2.33.